The number of aliphatic carboxylic acids is 1. The molecule has 0 bridgehead atoms. The van der Waals surface area contributed by atoms with Gasteiger partial charge in [0, 0.05) is 12.8 Å². The van der Waals surface area contributed by atoms with Gasteiger partial charge >= 0.3 is 5.91 Å². The fourth-order valence-corrected chi connectivity index (χ4v) is 2.67. The topological polar surface area (TPSA) is 72.2 Å². The lowest BCUT2D eigenvalue weighted by Gasteiger charge is -2.09. The first-order valence-corrected chi connectivity index (χ1v) is 5.93. The predicted molar refractivity (Wildman–Crippen MR) is 62.3 cm³/mol. The zero-order chi connectivity index (χ0) is 12.7. The minimum atomic E-state index is -1.11. The van der Waals surface area contributed by atoms with E-state index in [1.807, 2.05) is 24.3 Å². The zero-order valence-electron chi connectivity index (χ0n) is 9.68. The van der Waals surface area contributed by atoms with E-state index in [0.717, 1.165) is 17.7 Å². The van der Waals surface area contributed by atoms with E-state index in [1.54, 1.807) is 4.58 Å². The monoisotopic (exact) mass is 244 g/mol. The standard InChI is InChI=1S/C13H12N2O3/c16-12-11(8-4-1-2-5-9(8)14-12)15-7-3-6-10(15)13(17)18/h1-2,4-5,10H,3,6-7H2,(H,17,18). The Morgan fingerprint density at radius 3 is 2.94 bits per heavy atom. The van der Waals surface area contributed by atoms with E-state index in [1.165, 1.54) is 0 Å². The molecule has 0 saturated carbocycles. The van der Waals surface area contributed by atoms with Crippen molar-refractivity contribution in [2.75, 3.05) is 11.9 Å². The molecule has 1 unspecified atom stereocenters. The molecule has 3 rings (SSSR count). The van der Waals surface area contributed by atoms with Crippen LogP contribution in [0.15, 0.2) is 24.3 Å². The number of carbonyl (C=O) groups excluding carboxylic acids is 2. The molecule has 2 heterocycles. The molecule has 18 heavy (non-hydrogen) atoms. The summed E-state index contributed by atoms with van der Waals surface area (Å²) in [6, 6.07) is 6.61. The lowest BCUT2D eigenvalue weighted by molar-refractivity contribution is -0.542. The van der Waals surface area contributed by atoms with Crippen molar-refractivity contribution in [3.63, 3.8) is 0 Å². The molecule has 1 aromatic rings. The van der Waals surface area contributed by atoms with Crippen LogP contribution in [0.2, 0.25) is 0 Å². The third-order valence-electron chi connectivity index (χ3n) is 3.46. The van der Waals surface area contributed by atoms with Gasteiger partial charge in [0.1, 0.15) is 12.5 Å². The molecule has 5 heteroatoms. The molecule has 92 valence electrons. The molecule has 1 fully saturated rings. The van der Waals surface area contributed by atoms with Gasteiger partial charge in [-0.3, -0.25) is 4.79 Å². The van der Waals surface area contributed by atoms with Gasteiger partial charge in [0.15, 0.2) is 6.04 Å². The molecule has 0 aromatic heterocycles. The van der Waals surface area contributed by atoms with Crippen molar-refractivity contribution < 1.29 is 19.3 Å². The molecular weight excluding hydrogens is 232 g/mol. The van der Waals surface area contributed by atoms with Crippen LogP contribution in [0.1, 0.15) is 18.4 Å². The van der Waals surface area contributed by atoms with E-state index in [0.29, 0.717) is 18.7 Å². The van der Waals surface area contributed by atoms with Gasteiger partial charge < -0.3 is 15.2 Å². The summed E-state index contributed by atoms with van der Waals surface area (Å²) in [7, 11) is 0. The van der Waals surface area contributed by atoms with Crippen LogP contribution in [-0.2, 0) is 9.59 Å². The molecule has 1 saturated heterocycles. The summed E-state index contributed by atoms with van der Waals surface area (Å²) < 4.78 is 1.65. The number of para-hydroxylation sites is 1. The highest BCUT2D eigenvalue weighted by Crippen LogP contribution is 2.25. The summed E-state index contributed by atoms with van der Waals surface area (Å²) in [6.45, 7) is 0.579. The second-order valence-corrected chi connectivity index (χ2v) is 4.52. The number of nitrogens with zero attached hydrogens (tertiary/aromatic N) is 1. The lowest BCUT2D eigenvalue weighted by Crippen LogP contribution is -2.43. The Morgan fingerprint density at radius 1 is 1.39 bits per heavy atom. The van der Waals surface area contributed by atoms with E-state index in [4.69, 9.17) is 0 Å². The third-order valence-corrected chi connectivity index (χ3v) is 3.46. The van der Waals surface area contributed by atoms with Gasteiger partial charge in [-0.1, -0.05) is 12.1 Å². The number of nitrogens with one attached hydrogen (secondary N) is 1. The number of carbonyl (C=O) groups is 2. The van der Waals surface area contributed by atoms with Crippen LogP contribution in [0.3, 0.4) is 0 Å². The summed E-state index contributed by atoms with van der Waals surface area (Å²) in [6.07, 6.45) is 1.29. The Morgan fingerprint density at radius 2 is 2.17 bits per heavy atom. The molecule has 1 amide bonds. The van der Waals surface area contributed by atoms with Gasteiger partial charge in [-0.15, -0.1) is 0 Å². The van der Waals surface area contributed by atoms with Crippen molar-refractivity contribution in [1.82, 2.24) is 0 Å². The largest absolute Gasteiger partial charge is 0.543 e. The molecule has 0 radical (unpaired) electrons. The van der Waals surface area contributed by atoms with Gasteiger partial charge in [-0.25, -0.2) is 4.58 Å². The minimum Gasteiger partial charge on any atom is -0.543 e. The SMILES string of the molecule is O=C1Nc2ccccc2C1=[N+]1CCCC1C(=O)[O-]. The molecule has 2 aliphatic heterocycles. The van der Waals surface area contributed by atoms with Crippen LogP contribution in [0.4, 0.5) is 5.69 Å². The number of benzene rings is 1. The van der Waals surface area contributed by atoms with Crippen molar-refractivity contribution in [2.45, 2.75) is 18.9 Å². The summed E-state index contributed by atoms with van der Waals surface area (Å²) in [5.74, 6) is -1.35. The fraction of sp³-hybridized carbons (Fsp3) is 0.308. The Balaban J connectivity index is 2.16. The average Bonchev–Trinajstić information content (AvgIpc) is 2.91. The second-order valence-electron chi connectivity index (χ2n) is 4.52. The number of carboxylic acids is 1. The lowest BCUT2D eigenvalue weighted by atomic mass is 10.1. The zero-order valence-corrected chi connectivity index (χ0v) is 9.68. The quantitative estimate of drug-likeness (QED) is 0.667. The third kappa shape index (κ3) is 1.51. The first-order valence-electron chi connectivity index (χ1n) is 5.93. The number of rotatable bonds is 1. The number of hydrogen-bond acceptors (Lipinski definition) is 3. The molecule has 2 aliphatic rings. The molecule has 0 spiro atoms. The number of fused-ring (bicyclic) bond motifs is 1. The van der Waals surface area contributed by atoms with Crippen LogP contribution in [0.5, 0.6) is 0 Å². The highest BCUT2D eigenvalue weighted by atomic mass is 16.4. The number of hydrogen-bond donors (Lipinski definition) is 1. The van der Waals surface area contributed by atoms with Gasteiger partial charge in [0.05, 0.1) is 11.3 Å². The van der Waals surface area contributed by atoms with Gasteiger partial charge in [-0.05, 0) is 12.1 Å². The summed E-state index contributed by atoms with van der Waals surface area (Å²) in [4.78, 5) is 23.1. The predicted octanol–water partition coefficient (Wildman–Crippen LogP) is -0.647. The Labute approximate surface area is 104 Å². The summed E-state index contributed by atoms with van der Waals surface area (Å²) in [5.41, 5.74) is 1.97. The van der Waals surface area contributed by atoms with Crippen LogP contribution in [0, 0.1) is 0 Å². The maximum atomic E-state index is 12.0. The average molecular weight is 244 g/mol. The van der Waals surface area contributed by atoms with Gasteiger partial charge in [0.2, 0.25) is 0 Å². The highest BCUT2D eigenvalue weighted by Gasteiger charge is 2.40. The molecule has 5 nitrogen and oxygen atoms in total. The number of amides is 1. The molecular formula is C13H12N2O3. The summed E-state index contributed by atoms with van der Waals surface area (Å²) in [5, 5.41) is 13.8. The van der Waals surface area contributed by atoms with Crippen molar-refractivity contribution in [1.29, 1.82) is 0 Å². The minimum absolute atomic E-state index is 0.232. The first-order chi connectivity index (χ1) is 8.68. The van der Waals surface area contributed by atoms with Crippen molar-refractivity contribution in [3.8, 4) is 0 Å². The van der Waals surface area contributed by atoms with Crippen molar-refractivity contribution >= 4 is 23.3 Å². The normalized spacial score (nSPS) is 26.0. The molecule has 1 aromatic carbocycles. The Kier molecular flexibility index (Phi) is 2.40. The van der Waals surface area contributed by atoms with E-state index in [9.17, 15) is 14.7 Å². The smallest absolute Gasteiger partial charge is 0.320 e. The summed E-state index contributed by atoms with van der Waals surface area (Å²) >= 11 is 0. The van der Waals surface area contributed by atoms with E-state index >= 15 is 0 Å². The van der Waals surface area contributed by atoms with Crippen LogP contribution in [-0.4, -0.2) is 34.8 Å². The van der Waals surface area contributed by atoms with E-state index < -0.39 is 12.0 Å². The van der Waals surface area contributed by atoms with Crippen LogP contribution in [0.25, 0.3) is 0 Å². The number of anilines is 1. The molecule has 0 aliphatic carbocycles. The number of carboxylic acid groups (broad SMARTS) is 1. The van der Waals surface area contributed by atoms with Crippen LogP contribution < -0.4 is 10.4 Å². The molecule has 1 atom stereocenters. The van der Waals surface area contributed by atoms with Gasteiger partial charge in [-0.2, -0.15) is 0 Å². The Bertz CT molecular complexity index is 577. The van der Waals surface area contributed by atoms with Gasteiger partial charge in [0.25, 0.3) is 5.71 Å². The first kappa shape index (κ1) is 11.0. The second kappa shape index (κ2) is 3.94. The molecule has 1 N–H and O–H groups in total. The van der Waals surface area contributed by atoms with E-state index in [2.05, 4.69) is 5.32 Å². The Hall–Kier alpha value is -2.17. The maximum Gasteiger partial charge on any atom is 0.320 e. The van der Waals surface area contributed by atoms with Crippen molar-refractivity contribution in [3.05, 3.63) is 29.8 Å². The van der Waals surface area contributed by atoms with Crippen LogP contribution >= 0.6 is 0 Å². The maximum absolute atomic E-state index is 12.0. The van der Waals surface area contributed by atoms with Crippen molar-refractivity contribution in [2.24, 2.45) is 0 Å². The highest BCUT2D eigenvalue weighted by molar-refractivity contribution is 6.52. The van der Waals surface area contributed by atoms with E-state index in [-0.39, 0.29) is 5.91 Å². The fourth-order valence-electron chi connectivity index (χ4n) is 2.67.